The maximum atomic E-state index is 14.0. The van der Waals surface area contributed by atoms with Crippen LogP contribution in [0.25, 0.3) is 0 Å². The van der Waals surface area contributed by atoms with Gasteiger partial charge in [-0.1, -0.05) is 60.7 Å². The third-order valence-corrected chi connectivity index (χ3v) is 6.56. The molecular formula is C25H30N4O4. The van der Waals surface area contributed by atoms with Crippen LogP contribution in [-0.2, 0) is 15.1 Å². The fraction of sp³-hybridized carbons (Fsp3) is 0.400. The highest BCUT2D eigenvalue weighted by Gasteiger charge is 2.59. The topological polar surface area (TPSA) is 84.4 Å². The third kappa shape index (κ3) is 4.00. The smallest absolute Gasteiger partial charge is 0.328 e. The van der Waals surface area contributed by atoms with Gasteiger partial charge in [0, 0.05) is 39.3 Å². The van der Waals surface area contributed by atoms with Crippen LogP contribution in [0.3, 0.4) is 0 Å². The quantitative estimate of drug-likeness (QED) is 0.644. The van der Waals surface area contributed by atoms with Crippen molar-refractivity contribution in [3.05, 3.63) is 71.8 Å². The molecule has 33 heavy (non-hydrogen) atoms. The summed E-state index contributed by atoms with van der Waals surface area (Å²) < 4.78 is 0. The Morgan fingerprint density at radius 2 is 1.45 bits per heavy atom. The molecule has 0 atom stereocenters. The molecule has 2 saturated heterocycles. The number of benzene rings is 2. The van der Waals surface area contributed by atoms with Gasteiger partial charge in [-0.3, -0.25) is 19.4 Å². The molecule has 8 heteroatoms. The van der Waals surface area contributed by atoms with Crippen LogP contribution in [0.1, 0.15) is 18.1 Å². The lowest BCUT2D eigenvalue weighted by Crippen LogP contribution is -2.52. The first-order valence-electron chi connectivity index (χ1n) is 11.4. The van der Waals surface area contributed by atoms with Gasteiger partial charge < -0.3 is 14.9 Å². The molecule has 0 spiro atoms. The summed E-state index contributed by atoms with van der Waals surface area (Å²) in [5.74, 6) is -0.646. The standard InChI is InChI=1S/C25H30N4O4/c1-2-29-24(33)28(19-22(31)27-15-13-26(14-16-27)17-18-30)23(32)25(29,20-9-5-3-6-10-20)21-11-7-4-8-12-21/h3-12,30H,2,13-19H2,1H3. The van der Waals surface area contributed by atoms with Gasteiger partial charge in [-0.05, 0) is 18.1 Å². The van der Waals surface area contributed by atoms with Crippen LogP contribution in [0.5, 0.6) is 0 Å². The molecule has 0 aliphatic carbocycles. The lowest BCUT2D eigenvalue weighted by molar-refractivity contribution is -0.140. The molecule has 1 N–H and O–H groups in total. The maximum Gasteiger partial charge on any atom is 0.328 e. The van der Waals surface area contributed by atoms with E-state index < -0.39 is 17.5 Å². The molecule has 8 nitrogen and oxygen atoms in total. The summed E-state index contributed by atoms with van der Waals surface area (Å²) in [6.45, 7) is 4.88. The fourth-order valence-corrected chi connectivity index (χ4v) is 4.88. The summed E-state index contributed by atoms with van der Waals surface area (Å²) in [6, 6.07) is 18.1. The molecule has 174 valence electrons. The van der Waals surface area contributed by atoms with E-state index in [9.17, 15) is 14.4 Å². The average Bonchev–Trinajstić information content (AvgIpc) is 3.07. The Balaban J connectivity index is 1.65. The zero-order valence-corrected chi connectivity index (χ0v) is 18.9. The monoisotopic (exact) mass is 450 g/mol. The zero-order valence-electron chi connectivity index (χ0n) is 18.9. The molecule has 2 fully saturated rings. The Kier molecular flexibility index (Phi) is 6.76. The van der Waals surface area contributed by atoms with Crippen LogP contribution in [0.4, 0.5) is 4.79 Å². The second-order valence-corrected chi connectivity index (χ2v) is 8.31. The number of hydrogen-bond donors (Lipinski definition) is 1. The Bertz CT molecular complexity index is 950. The number of aliphatic hydroxyl groups is 1. The van der Waals surface area contributed by atoms with E-state index in [2.05, 4.69) is 4.90 Å². The summed E-state index contributed by atoms with van der Waals surface area (Å²) in [7, 11) is 0. The Labute approximate surface area is 194 Å². The Morgan fingerprint density at radius 1 is 0.909 bits per heavy atom. The number of amides is 4. The molecule has 2 aliphatic rings. The molecule has 4 amide bonds. The summed E-state index contributed by atoms with van der Waals surface area (Å²) in [5.41, 5.74) is 0.0852. The van der Waals surface area contributed by atoms with Crippen LogP contribution in [0.2, 0.25) is 0 Å². The molecule has 0 unspecified atom stereocenters. The number of hydrogen-bond acceptors (Lipinski definition) is 5. The normalized spacial score (nSPS) is 18.8. The molecule has 2 aromatic carbocycles. The number of β-amino-alcohol motifs (C(OH)–C–C–N with tert-alkyl or cyclic N) is 1. The minimum atomic E-state index is -1.31. The molecule has 2 heterocycles. The maximum absolute atomic E-state index is 14.0. The van der Waals surface area contributed by atoms with Gasteiger partial charge in [-0.25, -0.2) is 4.79 Å². The number of aliphatic hydroxyl groups excluding tert-OH is 1. The van der Waals surface area contributed by atoms with Crippen LogP contribution >= 0.6 is 0 Å². The molecule has 0 aromatic heterocycles. The number of carbonyl (C=O) groups is 3. The lowest BCUT2D eigenvalue weighted by Gasteiger charge is -2.35. The summed E-state index contributed by atoms with van der Waals surface area (Å²) >= 11 is 0. The van der Waals surface area contributed by atoms with Crippen LogP contribution < -0.4 is 0 Å². The SMILES string of the molecule is CCN1C(=O)N(CC(=O)N2CCN(CCO)CC2)C(=O)C1(c1ccccc1)c1ccccc1. The predicted molar refractivity (Wildman–Crippen MR) is 123 cm³/mol. The lowest BCUT2D eigenvalue weighted by atomic mass is 9.81. The van der Waals surface area contributed by atoms with Crippen LogP contribution in [0.15, 0.2) is 60.7 Å². The number of imide groups is 1. The number of rotatable bonds is 7. The van der Waals surface area contributed by atoms with Crippen molar-refractivity contribution in [3.63, 3.8) is 0 Å². The van der Waals surface area contributed by atoms with Crippen molar-refractivity contribution >= 4 is 17.8 Å². The first-order valence-corrected chi connectivity index (χ1v) is 11.4. The number of carbonyl (C=O) groups excluding carboxylic acids is 3. The first kappa shape index (κ1) is 22.9. The Morgan fingerprint density at radius 3 is 1.94 bits per heavy atom. The molecular weight excluding hydrogens is 420 g/mol. The number of piperazine rings is 1. The first-order chi connectivity index (χ1) is 16.0. The minimum Gasteiger partial charge on any atom is -0.395 e. The average molecular weight is 451 g/mol. The number of nitrogens with zero attached hydrogens (tertiary/aromatic N) is 4. The second kappa shape index (κ2) is 9.72. The van der Waals surface area contributed by atoms with Crippen molar-refractivity contribution in [3.8, 4) is 0 Å². The van der Waals surface area contributed by atoms with Gasteiger partial charge in [-0.15, -0.1) is 0 Å². The summed E-state index contributed by atoms with van der Waals surface area (Å²) in [5, 5.41) is 9.12. The van der Waals surface area contributed by atoms with Crippen molar-refractivity contribution in [2.24, 2.45) is 0 Å². The van der Waals surface area contributed by atoms with Gasteiger partial charge in [0.1, 0.15) is 6.54 Å². The van der Waals surface area contributed by atoms with Crippen molar-refractivity contribution in [2.75, 3.05) is 52.4 Å². The Hall–Kier alpha value is -3.23. The van der Waals surface area contributed by atoms with Gasteiger partial charge in [0.25, 0.3) is 5.91 Å². The molecule has 0 saturated carbocycles. The van der Waals surface area contributed by atoms with Gasteiger partial charge in [0.2, 0.25) is 5.91 Å². The van der Waals surface area contributed by atoms with Crippen molar-refractivity contribution < 1.29 is 19.5 Å². The van der Waals surface area contributed by atoms with Crippen molar-refractivity contribution in [2.45, 2.75) is 12.5 Å². The van der Waals surface area contributed by atoms with Gasteiger partial charge in [-0.2, -0.15) is 0 Å². The van der Waals surface area contributed by atoms with Crippen LogP contribution in [0, 0.1) is 0 Å². The summed E-state index contributed by atoms with van der Waals surface area (Å²) in [4.78, 5) is 47.0. The van der Waals surface area contributed by atoms with Crippen molar-refractivity contribution in [1.82, 2.24) is 19.6 Å². The fourth-order valence-electron chi connectivity index (χ4n) is 4.88. The number of urea groups is 1. The summed E-state index contributed by atoms with van der Waals surface area (Å²) in [6.07, 6.45) is 0. The van der Waals surface area contributed by atoms with E-state index in [1.165, 1.54) is 0 Å². The van der Waals surface area contributed by atoms with Gasteiger partial charge in [0.15, 0.2) is 5.54 Å². The zero-order chi connectivity index (χ0) is 23.4. The van der Waals surface area contributed by atoms with E-state index in [1.54, 1.807) is 9.80 Å². The molecule has 0 radical (unpaired) electrons. The van der Waals surface area contributed by atoms with E-state index in [0.717, 1.165) is 4.90 Å². The van der Waals surface area contributed by atoms with Gasteiger partial charge >= 0.3 is 6.03 Å². The molecule has 2 aliphatic heterocycles. The number of likely N-dealkylation sites (N-methyl/N-ethyl adjacent to an activating group) is 1. The van der Waals surface area contributed by atoms with Gasteiger partial charge in [0.05, 0.1) is 6.61 Å². The minimum absolute atomic E-state index is 0.0820. The third-order valence-electron chi connectivity index (χ3n) is 6.56. The highest BCUT2D eigenvalue weighted by Crippen LogP contribution is 2.43. The molecule has 4 rings (SSSR count). The van der Waals surface area contributed by atoms with E-state index in [1.807, 2.05) is 67.6 Å². The molecule has 0 bridgehead atoms. The van der Waals surface area contributed by atoms with E-state index in [4.69, 9.17) is 5.11 Å². The van der Waals surface area contributed by atoms with E-state index in [-0.39, 0.29) is 19.1 Å². The highest BCUT2D eigenvalue weighted by atomic mass is 16.3. The van der Waals surface area contributed by atoms with E-state index >= 15 is 0 Å². The second-order valence-electron chi connectivity index (χ2n) is 8.31. The largest absolute Gasteiger partial charge is 0.395 e. The van der Waals surface area contributed by atoms with E-state index in [0.29, 0.717) is 50.4 Å². The predicted octanol–water partition coefficient (Wildman–Crippen LogP) is 1.35. The van der Waals surface area contributed by atoms with Crippen molar-refractivity contribution in [1.29, 1.82) is 0 Å². The molecule has 2 aromatic rings. The van der Waals surface area contributed by atoms with Crippen LogP contribution in [-0.4, -0.2) is 95.0 Å². The highest BCUT2D eigenvalue weighted by molar-refractivity contribution is 6.11.